The fourth-order valence-corrected chi connectivity index (χ4v) is 8.06. The summed E-state index contributed by atoms with van der Waals surface area (Å²) >= 11 is 3.16. The molecule has 158 valence electrons. The molecule has 0 radical (unpaired) electrons. The third kappa shape index (κ3) is 4.99. The fourth-order valence-electron chi connectivity index (χ4n) is 3.93. The fraction of sp³-hybridized carbons (Fsp3) is 0.292. The zero-order chi connectivity index (χ0) is 21.6. The number of nitrogens with zero attached hydrogens (tertiary/aromatic N) is 1. The molecular weight excluding hydrogens is 459 g/mol. The molecule has 0 saturated carbocycles. The average Bonchev–Trinajstić information content (AvgIpc) is 2.76. The molecule has 6 heteroatoms. The van der Waals surface area contributed by atoms with Gasteiger partial charge < -0.3 is 10.1 Å². The quantitative estimate of drug-likeness (QED) is 0.251. The van der Waals surface area contributed by atoms with Gasteiger partial charge in [0.1, 0.15) is 0 Å². The van der Waals surface area contributed by atoms with Crippen molar-refractivity contribution in [1.82, 2.24) is 4.98 Å². The lowest BCUT2D eigenvalue weighted by molar-refractivity contribution is 0.454. The molecule has 3 rings (SSSR count). The molecule has 0 spiro atoms. The van der Waals surface area contributed by atoms with Crippen LogP contribution in [0.2, 0.25) is 5.04 Å². The van der Waals surface area contributed by atoms with Crippen molar-refractivity contribution in [3.63, 3.8) is 0 Å². The van der Waals surface area contributed by atoms with Gasteiger partial charge in [-0.2, -0.15) is 4.39 Å². The second-order valence-corrected chi connectivity index (χ2v) is 13.0. The molecule has 2 N–H and O–H groups in total. The normalized spacial score (nSPS) is 12.0. The number of pyridine rings is 1. The first-order valence-corrected chi connectivity index (χ1v) is 13.0. The van der Waals surface area contributed by atoms with Crippen LogP contribution in [0.25, 0.3) is 0 Å². The van der Waals surface area contributed by atoms with Gasteiger partial charge in [-0.15, -0.1) is 0 Å². The zero-order valence-corrected chi connectivity index (χ0v) is 20.0. The summed E-state index contributed by atoms with van der Waals surface area (Å²) in [5, 5.41) is 5.14. The van der Waals surface area contributed by atoms with Gasteiger partial charge in [-0.3, -0.25) is 0 Å². The van der Waals surface area contributed by atoms with Crippen molar-refractivity contribution in [3.8, 4) is 0 Å². The van der Waals surface area contributed by atoms with Crippen LogP contribution in [0.4, 0.5) is 10.1 Å². The first kappa shape index (κ1) is 22.7. The van der Waals surface area contributed by atoms with E-state index < -0.39 is 14.3 Å². The van der Waals surface area contributed by atoms with E-state index in [-0.39, 0.29) is 5.04 Å². The van der Waals surface area contributed by atoms with Gasteiger partial charge in [0.2, 0.25) is 5.95 Å². The summed E-state index contributed by atoms with van der Waals surface area (Å²) in [5.74, 6) is -0.506. The highest BCUT2D eigenvalue weighted by Gasteiger charge is 2.49. The summed E-state index contributed by atoms with van der Waals surface area (Å²) < 4.78 is 13.6. The van der Waals surface area contributed by atoms with Crippen molar-refractivity contribution in [2.75, 3.05) is 11.9 Å². The number of unbranched alkanes of at least 4 members (excludes halogenated alkanes) is 1. The summed E-state index contributed by atoms with van der Waals surface area (Å²) in [7, 11) is -2.95. The Morgan fingerprint density at radius 3 is 2.10 bits per heavy atom. The van der Waals surface area contributed by atoms with Crippen LogP contribution in [-0.2, 0) is 0 Å². The molecule has 3 nitrogen and oxygen atoms in total. The van der Waals surface area contributed by atoms with Gasteiger partial charge in [0.15, 0.2) is 0 Å². The average molecular weight is 487 g/mol. The summed E-state index contributed by atoms with van der Waals surface area (Å²) in [5.41, 5.74) is 0.794. The highest BCUT2D eigenvalue weighted by Crippen LogP contribution is 2.40. The summed E-state index contributed by atoms with van der Waals surface area (Å²) in [6.45, 7) is 5.15. The number of hydrogen-bond donors (Lipinski definition) is 2. The van der Waals surface area contributed by atoms with Crippen LogP contribution in [0.15, 0.2) is 77.4 Å². The third-order valence-electron chi connectivity index (χ3n) is 5.72. The second kappa shape index (κ2) is 9.86. The number of aromatic nitrogens is 1. The van der Waals surface area contributed by atoms with E-state index in [0.29, 0.717) is 4.47 Å². The van der Waals surface area contributed by atoms with E-state index >= 15 is 0 Å². The van der Waals surface area contributed by atoms with Crippen LogP contribution in [0.3, 0.4) is 0 Å². The topological polar surface area (TPSA) is 45.2 Å². The molecule has 1 heterocycles. The van der Waals surface area contributed by atoms with E-state index in [2.05, 4.69) is 64.3 Å². The van der Waals surface area contributed by atoms with Crippen molar-refractivity contribution in [2.45, 2.75) is 38.1 Å². The minimum absolute atomic E-state index is 0.240. The van der Waals surface area contributed by atoms with Gasteiger partial charge in [-0.1, -0.05) is 80.9 Å². The number of hydrogen-bond acceptors (Lipinski definition) is 3. The second-order valence-electron chi connectivity index (χ2n) is 8.21. The van der Waals surface area contributed by atoms with Crippen molar-refractivity contribution >= 4 is 40.3 Å². The standard InChI is InChI=1S/C24H28BrFN2OSi/c1-24(2,15-9-10-16-27-19-17-22(25)23(26)28-18-19)30(29,20-11-5-3-6-12-20)21-13-7-4-8-14-21/h3-8,11-14,17-18,27,29H,9-10,15-16H2,1-2H3. The van der Waals surface area contributed by atoms with Crippen molar-refractivity contribution in [2.24, 2.45) is 0 Å². The Balaban J connectivity index is 1.67. The Morgan fingerprint density at radius 2 is 1.57 bits per heavy atom. The molecule has 2 aromatic carbocycles. The highest BCUT2D eigenvalue weighted by molar-refractivity contribution is 9.10. The summed E-state index contributed by atoms with van der Waals surface area (Å²) in [6, 6.07) is 21.9. The molecule has 0 saturated heterocycles. The van der Waals surface area contributed by atoms with E-state index in [1.165, 1.54) is 6.20 Å². The van der Waals surface area contributed by atoms with Gasteiger partial charge in [0, 0.05) is 6.54 Å². The summed E-state index contributed by atoms with van der Waals surface area (Å²) in [4.78, 5) is 15.9. The number of rotatable bonds is 9. The predicted octanol–water partition coefficient (Wildman–Crippen LogP) is 5.10. The molecular formula is C24H28BrFN2OSi. The Kier molecular flexibility index (Phi) is 7.44. The molecule has 0 atom stereocenters. The maximum Gasteiger partial charge on any atom is 0.258 e. The van der Waals surface area contributed by atoms with E-state index in [4.69, 9.17) is 0 Å². The molecule has 30 heavy (non-hydrogen) atoms. The lowest BCUT2D eigenvalue weighted by Gasteiger charge is -2.41. The van der Waals surface area contributed by atoms with Gasteiger partial charge in [0.25, 0.3) is 8.32 Å². The number of benzene rings is 2. The Labute approximate surface area is 187 Å². The maximum atomic E-state index is 13.3. The van der Waals surface area contributed by atoms with E-state index in [0.717, 1.165) is 41.9 Å². The molecule has 3 aromatic rings. The van der Waals surface area contributed by atoms with Crippen LogP contribution < -0.4 is 15.7 Å². The maximum absolute atomic E-state index is 13.3. The van der Waals surface area contributed by atoms with E-state index in [9.17, 15) is 9.19 Å². The number of anilines is 1. The van der Waals surface area contributed by atoms with Crippen molar-refractivity contribution in [3.05, 3.63) is 83.3 Å². The number of nitrogens with one attached hydrogen (secondary N) is 1. The minimum atomic E-state index is -2.95. The Bertz CT molecular complexity index is 914. The number of halogens is 2. The first-order valence-electron chi connectivity index (χ1n) is 10.2. The minimum Gasteiger partial charge on any atom is -0.424 e. The summed E-state index contributed by atoms with van der Waals surface area (Å²) in [6.07, 6.45) is 4.34. The van der Waals surface area contributed by atoms with Crippen LogP contribution >= 0.6 is 15.9 Å². The van der Waals surface area contributed by atoms with Crippen LogP contribution in [-0.4, -0.2) is 24.6 Å². The Hall–Kier alpha value is -2.02. The van der Waals surface area contributed by atoms with Gasteiger partial charge >= 0.3 is 0 Å². The molecule has 0 fully saturated rings. The monoisotopic (exact) mass is 486 g/mol. The lowest BCUT2D eigenvalue weighted by Crippen LogP contribution is -2.65. The highest BCUT2D eigenvalue weighted by atomic mass is 79.9. The van der Waals surface area contributed by atoms with Crippen LogP contribution in [0, 0.1) is 5.95 Å². The lowest BCUT2D eigenvalue weighted by atomic mass is 10.1. The zero-order valence-electron chi connectivity index (χ0n) is 17.4. The van der Waals surface area contributed by atoms with Gasteiger partial charge in [0.05, 0.1) is 16.4 Å². The first-order chi connectivity index (χ1) is 14.3. The molecule has 0 amide bonds. The van der Waals surface area contributed by atoms with Crippen LogP contribution in [0.5, 0.6) is 0 Å². The van der Waals surface area contributed by atoms with Crippen LogP contribution in [0.1, 0.15) is 33.1 Å². The molecule has 0 aliphatic carbocycles. The van der Waals surface area contributed by atoms with E-state index in [1.807, 2.05) is 36.4 Å². The predicted molar refractivity (Wildman–Crippen MR) is 128 cm³/mol. The smallest absolute Gasteiger partial charge is 0.258 e. The molecule has 0 aliphatic rings. The van der Waals surface area contributed by atoms with Crippen molar-refractivity contribution in [1.29, 1.82) is 0 Å². The molecule has 0 bridgehead atoms. The molecule has 1 aromatic heterocycles. The Morgan fingerprint density at radius 1 is 1.00 bits per heavy atom. The van der Waals surface area contributed by atoms with Gasteiger partial charge in [-0.05, 0) is 50.2 Å². The van der Waals surface area contributed by atoms with Gasteiger partial charge in [-0.25, -0.2) is 4.98 Å². The van der Waals surface area contributed by atoms with Crippen molar-refractivity contribution < 1.29 is 9.19 Å². The SMILES string of the molecule is CC(C)(CCCCNc1cnc(F)c(Br)c1)[Si](O)(c1ccccc1)c1ccccc1. The molecule has 0 unspecified atom stereocenters. The largest absolute Gasteiger partial charge is 0.424 e. The molecule has 0 aliphatic heterocycles. The third-order valence-corrected chi connectivity index (χ3v) is 10.8. The van der Waals surface area contributed by atoms with E-state index in [1.54, 1.807) is 6.07 Å².